The van der Waals surface area contributed by atoms with E-state index in [0.717, 1.165) is 0 Å². The van der Waals surface area contributed by atoms with Crippen molar-refractivity contribution in [2.45, 2.75) is 13.0 Å². The predicted molar refractivity (Wildman–Crippen MR) is 63.4 cm³/mol. The molecule has 1 aromatic heterocycles. The van der Waals surface area contributed by atoms with E-state index in [2.05, 4.69) is 17.0 Å². The summed E-state index contributed by atoms with van der Waals surface area (Å²) >= 11 is 0. The van der Waals surface area contributed by atoms with Crippen LogP contribution in [0.5, 0.6) is 0 Å². The number of aryl methyl sites for hydroxylation is 1. The summed E-state index contributed by atoms with van der Waals surface area (Å²) in [5.74, 6) is -1.06. The third-order valence-electron chi connectivity index (χ3n) is 2.03. The summed E-state index contributed by atoms with van der Waals surface area (Å²) in [6.07, 6.45) is 3.20. The van der Waals surface area contributed by atoms with Crippen LogP contribution in [-0.2, 0) is 11.3 Å². The van der Waals surface area contributed by atoms with Crippen molar-refractivity contribution in [3.05, 3.63) is 30.6 Å². The molecule has 7 nitrogen and oxygen atoms in total. The largest absolute Gasteiger partial charge is 0.476 e. The number of carbonyl (C=O) groups is 2. The molecule has 0 aliphatic heterocycles. The fourth-order valence-corrected chi connectivity index (χ4v) is 1.22. The second-order valence-corrected chi connectivity index (χ2v) is 3.44. The lowest BCUT2D eigenvalue weighted by molar-refractivity contribution is 0.0689. The third-order valence-corrected chi connectivity index (χ3v) is 2.03. The fraction of sp³-hybridized carbons (Fsp3) is 0.364. The molecular formula is C11H15N3O4. The van der Waals surface area contributed by atoms with Crippen LogP contribution in [0.3, 0.4) is 0 Å². The first-order valence-corrected chi connectivity index (χ1v) is 5.41. The number of hydrogen-bond acceptors (Lipinski definition) is 4. The number of aromatic nitrogens is 2. The Balaban J connectivity index is 2.19. The summed E-state index contributed by atoms with van der Waals surface area (Å²) in [5, 5.41) is 15.1. The molecule has 7 heteroatoms. The van der Waals surface area contributed by atoms with E-state index in [0.29, 0.717) is 19.5 Å². The van der Waals surface area contributed by atoms with Crippen molar-refractivity contribution in [2.24, 2.45) is 0 Å². The zero-order chi connectivity index (χ0) is 13.4. The maximum Gasteiger partial charge on any atom is 0.407 e. The van der Waals surface area contributed by atoms with Gasteiger partial charge in [0.15, 0.2) is 5.69 Å². The average molecular weight is 253 g/mol. The maximum atomic E-state index is 11.0. The monoisotopic (exact) mass is 253 g/mol. The maximum absolute atomic E-state index is 11.0. The highest BCUT2D eigenvalue weighted by molar-refractivity contribution is 5.84. The molecule has 0 aliphatic rings. The van der Waals surface area contributed by atoms with Crippen molar-refractivity contribution in [1.29, 1.82) is 0 Å². The molecule has 1 heterocycles. The van der Waals surface area contributed by atoms with Gasteiger partial charge in [0, 0.05) is 19.3 Å². The number of ether oxygens (including phenoxy) is 1. The van der Waals surface area contributed by atoms with Crippen LogP contribution in [0, 0.1) is 0 Å². The Morgan fingerprint density at radius 2 is 2.39 bits per heavy atom. The Bertz CT molecular complexity index is 428. The quantitative estimate of drug-likeness (QED) is 0.556. The highest BCUT2D eigenvalue weighted by Crippen LogP contribution is 1.96. The first-order valence-electron chi connectivity index (χ1n) is 5.41. The number of rotatable bonds is 7. The summed E-state index contributed by atoms with van der Waals surface area (Å²) in [5.41, 5.74) is 0.00773. The molecule has 0 bridgehead atoms. The van der Waals surface area contributed by atoms with Crippen molar-refractivity contribution in [3.8, 4) is 0 Å². The number of alkyl carbamates (subject to hydrolysis) is 1. The zero-order valence-electron chi connectivity index (χ0n) is 9.83. The van der Waals surface area contributed by atoms with Crippen molar-refractivity contribution in [2.75, 3.05) is 13.2 Å². The van der Waals surface area contributed by atoms with E-state index in [9.17, 15) is 9.59 Å². The summed E-state index contributed by atoms with van der Waals surface area (Å²) < 4.78 is 6.22. The van der Waals surface area contributed by atoms with Crippen LogP contribution in [0.25, 0.3) is 0 Å². The van der Waals surface area contributed by atoms with E-state index < -0.39 is 12.1 Å². The standard InChI is InChI=1S/C11H15N3O4/c1-2-8-18-11(17)12-5-3-6-14-7-4-9(13-14)10(15)16/h2,4,7H,1,3,5-6,8H2,(H,12,17)(H,15,16). The smallest absolute Gasteiger partial charge is 0.407 e. The Morgan fingerprint density at radius 3 is 3.00 bits per heavy atom. The van der Waals surface area contributed by atoms with E-state index in [4.69, 9.17) is 9.84 Å². The lowest BCUT2D eigenvalue weighted by Gasteiger charge is -2.05. The van der Waals surface area contributed by atoms with Crippen LogP contribution in [0.1, 0.15) is 16.9 Å². The van der Waals surface area contributed by atoms with Gasteiger partial charge in [0.05, 0.1) is 0 Å². The second kappa shape index (κ2) is 7.10. The van der Waals surface area contributed by atoms with Crippen LogP contribution >= 0.6 is 0 Å². The van der Waals surface area contributed by atoms with Gasteiger partial charge in [-0.25, -0.2) is 9.59 Å². The number of nitrogens with one attached hydrogen (secondary N) is 1. The molecule has 98 valence electrons. The molecule has 0 atom stereocenters. The van der Waals surface area contributed by atoms with Crippen LogP contribution in [-0.4, -0.2) is 40.1 Å². The van der Waals surface area contributed by atoms with Gasteiger partial charge >= 0.3 is 12.1 Å². The van der Waals surface area contributed by atoms with Crippen LogP contribution in [0.4, 0.5) is 4.79 Å². The highest BCUT2D eigenvalue weighted by atomic mass is 16.5. The van der Waals surface area contributed by atoms with Crippen LogP contribution < -0.4 is 5.32 Å². The lowest BCUT2D eigenvalue weighted by Crippen LogP contribution is -2.26. The fourth-order valence-electron chi connectivity index (χ4n) is 1.22. The number of nitrogens with zero attached hydrogens (tertiary/aromatic N) is 2. The number of carboxylic acids is 1. The number of hydrogen-bond donors (Lipinski definition) is 2. The number of amides is 1. The van der Waals surface area contributed by atoms with E-state index >= 15 is 0 Å². The minimum Gasteiger partial charge on any atom is -0.476 e. The number of carbonyl (C=O) groups excluding carboxylic acids is 1. The van der Waals surface area contributed by atoms with Crippen LogP contribution in [0.2, 0.25) is 0 Å². The van der Waals surface area contributed by atoms with Crippen LogP contribution in [0.15, 0.2) is 24.9 Å². The Kier molecular flexibility index (Phi) is 5.43. The molecule has 0 aromatic carbocycles. The summed E-state index contributed by atoms with van der Waals surface area (Å²) in [6.45, 7) is 4.55. The van der Waals surface area contributed by atoms with Gasteiger partial charge in [-0.15, -0.1) is 0 Å². The van der Waals surface area contributed by atoms with Gasteiger partial charge in [0.1, 0.15) is 6.61 Å². The molecule has 0 fully saturated rings. The van der Waals surface area contributed by atoms with Gasteiger partial charge in [-0.3, -0.25) is 4.68 Å². The van der Waals surface area contributed by atoms with Gasteiger partial charge < -0.3 is 15.2 Å². The summed E-state index contributed by atoms with van der Waals surface area (Å²) in [7, 11) is 0. The van der Waals surface area contributed by atoms with E-state index in [1.807, 2.05) is 0 Å². The van der Waals surface area contributed by atoms with Gasteiger partial charge in [-0.2, -0.15) is 5.10 Å². The molecule has 0 spiro atoms. The van der Waals surface area contributed by atoms with Crippen molar-refractivity contribution >= 4 is 12.1 Å². The molecule has 0 saturated carbocycles. The topological polar surface area (TPSA) is 93.5 Å². The molecule has 1 aromatic rings. The minimum atomic E-state index is -1.06. The Labute approximate surface area is 104 Å². The second-order valence-electron chi connectivity index (χ2n) is 3.44. The molecule has 2 N–H and O–H groups in total. The van der Waals surface area contributed by atoms with E-state index in [1.54, 1.807) is 6.20 Å². The third kappa shape index (κ3) is 4.69. The first kappa shape index (κ1) is 13.8. The average Bonchev–Trinajstić information content (AvgIpc) is 2.81. The van der Waals surface area contributed by atoms with Crippen molar-refractivity contribution in [3.63, 3.8) is 0 Å². The minimum absolute atomic E-state index is 0.00773. The molecule has 18 heavy (non-hydrogen) atoms. The summed E-state index contributed by atoms with van der Waals surface area (Å²) in [6, 6.07) is 1.42. The normalized spacial score (nSPS) is 9.78. The Hall–Kier alpha value is -2.31. The van der Waals surface area contributed by atoms with E-state index in [1.165, 1.54) is 16.8 Å². The molecule has 0 radical (unpaired) electrons. The zero-order valence-corrected chi connectivity index (χ0v) is 9.83. The molecule has 0 unspecified atom stereocenters. The first-order chi connectivity index (χ1) is 8.63. The number of aromatic carboxylic acids is 1. The number of carboxylic acid groups (broad SMARTS) is 1. The SMILES string of the molecule is C=CCOC(=O)NCCCn1ccc(C(=O)O)n1. The van der Waals surface area contributed by atoms with Gasteiger partial charge in [-0.05, 0) is 12.5 Å². The molecule has 0 saturated heterocycles. The molecule has 1 amide bonds. The summed E-state index contributed by atoms with van der Waals surface area (Å²) in [4.78, 5) is 21.6. The van der Waals surface area contributed by atoms with Gasteiger partial charge in [0.25, 0.3) is 0 Å². The van der Waals surface area contributed by atoms with E-state index in [-0.39, 0.29) is 12.3 Å². The molecule has 1 rings (SSSR count). The van der Waals surface area contributed by atoms with Gasteiger partial charge in [-0.1, -0.05) is 12.7 Å². The van der Waals surface area contributed by atoms with Gasteiger partial charge in [0.2, 0.25) is 0 Å². The van der Waals surface area contributed by atoms with Crippen molar-refractivity contribution < 1.29 is 19.4 Å². The highest BCUT2D eigenvalue weighted by Gasteiger charge is 2.06. The van der Waals surface area contributed by atoms with Crippen molar-refractivity contribution in [1.82, 2.24) is 15.1 Å². The lowest BCUT2D eigenvalue weighted by atomic mass is 10.4. The Morgan fingerprint density at radius 1 is 1.61 bits per heavy atom. The molecular weight excluding hydrogens is 238 g/mol. The molecule has 0 aliphatic carbocycles. The predicted octanol–water partition coefficient (Wildman–Crippen LogP) is 0.884.